The first kappa shape index (κ1) is 28.9. The van der Waals surface area contributed by atoms with Crippen molar-refractivity contribution in [2.75, 3.05) is 9.80 Å². The van der Waals surface area contributed by atoms with Crippen molar-refractivity contribution in [2.45, 2.75) is 0 Å². The summed E-state index contributed by atoms with van der Waals surface area (Å²) in [6, 6.07) is 24.6. The van der Waals surface area contributed by atoms with Gasteiger partial charge in [-0.25, -0.2) is 15.0 Å². The number of primary amides is 4. The van der Waals surface area contributed by atoms with Crippen LogP contribution in [0.4, 0.5) is 34.6 Å². The molecule has 0 aliphatic rings. The molecular formula is C31H25N9O4. The van der Waals surface area contributed by atoms with Gasteiger partial charge in [0.2, 0.25) is 23.6 Å². The Kier molecular flexibility index (Phi) is 7.93. The van der Waals surface area contributed by atoms with Crippen molar-refractivity contribution in [3.8, 4) is 0 Å². The largest absolute Gasteiger partial charge is 0.366 e. The molecule has 0 saturated heterocycles. The summed E-state index contributed by atoms with van der Waals surface area (Å²) >= 11 is 0. The molecule has 4 amide bonds. The summed E-state index contributed by atoms with van der Waals surface area (Å²) < 4.78 is 0. The third-order valence-corrected chi connectivity index (χ3v) is 6.52. The summed E-state index contributed by atoms with van der Waals surface area (Å²) in [6.45, 7) is 0. The number of rotatable bonds is 10. The summed E-state index contributed by atoms with van der Waals surface area (Å²) in [4.78, 5) is 64.0. The molecule has 0 saturated carbocycles. The van der Waals surface area contributed by atoms with Crippen molar-refractivity contribution in [3.05, 3.63) is 126 Å². The van der Waals surface area contributed by atoms with Gasteiger partial charge in [-0.1, -0.05) is 6.07 Å². The van der Waals surface area contributed by atoms with Gasteiger partial charge in [0.15, 0.2) is 0 Å². The zero-order valence-electron chi connectivity index (χ0n) is 23.0. The van der Waals surface area contributed by atoms with E-state index in [4.69, 9.17) is 27.9 Å². The second kappa shape index (κ2) is 12.1. The molecule has 0 atom stereocenters. The van der Waals surface area contributed by atoms with Gasteiger partial charge in [-0.15, -0.1) is 0 Å². The first-order valence-electron chi connectivity index (χ1n) is 13.0. The number of nitrogens with two attached hydrogens (primary N) is 4. The summed E-state index contributed by atoms with van der Waals surface area (Å²) in [7, 11) is 0. The van der Waals surface area contributed by atoms with Gasteiger partial charge in [-0.2, -0.15) is 0 Å². The fraction of sp³-hybridized carbons (Fsp3) is 0. The Balaban J connectivity index is 1.66. The van der Waals surface area contributed by atoms with E-state index in [9.17, 15) is 19.2 Å². The minimum Gasteiger partial charge on any atom is -0.366 e. The predicted octanol–water partition coefficient (Wildman–Crippen LogP) is 3.21. The number of hydrogen-bond acceptors (Lipinski definition) is 9. The van der Waals surface area contributed by atoms with Crippen molar-refractivity contribution < 1.29 is 19.2 Å². The van der Waals surface area contributed by atoms with Gasteiger partial charge < -0.3 is 22.9 Å². The van der Waals surface area contributed by atoms with Crippen molar-refractivity contribution in [2.24, 2.45) is 22.9 Å². The van der Waals surface area contributed by atoms with Crippen LogP contribution in [0.5, 0.6) is 0 Å². The Morgan fingerprint density at radius 2 is 0.773 bits per heavy atom. The number of benzene rings is 2. The van der Waals surface area contributed by atoms with E-state index in [0.717, 1.165) is 0 Å². The molecular weight excluding hydrogens is 562 g/mol. The average Bonchev–Trinajstić information content (AvgIpc) is 3.02. The molecule has 13 heteroatoms. The highest BCUT2D eigenvalue weighted by Crippen LogP contribution is 2.37. The van der Waals surface area contributed by atoms with Crippen LogP contribution in [0.2, 0.25) is 0 Å². The highest BCUT2D eigenvalue weighted by atomic mass is 16.2. The lowest BCUT2D eigenvalue weighted by Gasteiger charge is -2.27. The van der Waals surface area contributed by atoms with Gasteiger partial charge in [0.1, 0.15) is 23.3 Å². The summed E-state index contributed by atoms with van der Waals surface area (Å²) in [6.07, 6.45) is 2.70. The van der Waals surface area contributed by atoms with E-state index in [2.05, 4.69) is 9.97 Å². The number of pyridine rings is 3. The number of amides is 4. The molecule has 2 aromatic carbocycles. The quantitative estimate of drug-likeness (QED) is 0.188. The number of carbonyl (C=O) groups is 4. The normalized spacial score (nSPS) is 10.5. The predicted molar refractivity (Wildman–Crippen MR) is 163 cm³/mol. The van der Waals surface area contributed by atoms with Crippen LogP contribution in [-0.2, 0) is 0 Å². The van der Waals surface area contributed by atoms with Crippen molar-refractivity contribution in [3.63, 3.8) is 0 Å². The van der Waals surface area contributed by atoms with Gasteiger partial charge in [-0.05, 0) is 84.9 Å². The highest BCUT2D eigenvalue weighted by molar-refractivity contribution is 5.95. The first-order chi connectivity index (χ1) is 21.1. The van der Waals surface area contributed by atoms with Crippen LogP contribution in [0.25, 0.3) is 0 Å². The second-order valence-corrected chi connectivity index (χ2v) is 9.39. The molecule has 0 aliphatic heterocycles. The first-order valence-corrected chi connectivity index (χ1v) is 13.0. The smallest absolute Gasteiger partial charge is 0.250 e. The fourth-order valence-corrected chi connectivity index (χ4v) is 4.30. The minimum absolute atomic E-state index is 0.218. The topological polar surface area (TPSA) is 218 Å². The summed E-state index contributed by atoms with van der Waals surface area (Å²) in [5, 5.41) is 0. The van der Waals surface area contributed by atoms with Gasteiger partial charge >= 0.3 is 0 Å². The molecule has 5 rings (SSSR count). The molecule has 5 aromatic rings. The van der Waals surface area contributed by atoms with Crippen LogP contribution in [0.3, 0.4) is 0 Å². The molecule has 0 spiro atoms. The average molecular weight is 588 g/mol. The molecule has 0 radical (unpaired) electrons. The molecule has 3 heterocycles. The molecule has 0 fully saturated rings. The van der Waals surface area contributed by atoms with E-state index in [1.165, 1.54) is 24.5 Å². The van der Waals surface area contributed by atoms with Crippen molar-refractivity contribution >= 4 is 58.3 Å². The van der Waals surface area contributed by atoms with E-state index in [1.54, 1.807) is 88.7 Å². The van der Waals surface area contributed by atoms with Crippen LogP contribution in [0, 0.1) is 0 Å². The number of nitrogens with zero attached hydrogens (tertiary/aromatic N) is 5. The summed E-state index contributed by atoms with van der Waals surface area (Å²) in [5.41, 5.74) is 23.9. The molecule has 218 valence electrons. The standard InChI is InChI=1S/C31H25N9O4/c32-28(41)18-4-10-22(11-5-18)39(24-14-8-20(16-36-24)30(34)43)26-2-1-3-27(38-26)40(23-12-6-19(7-13-23)29(33)42)25-15-9-21(17-37-25)31(35)44/h1-17H,(H2,32,41)(H2,33,42)(H2,34,43)(H2,35,44). The maximum Gasteiger partial charge on any atom is 0.250 e. The third-order valence-electron chi connectivity index (χ3n) is 6.52. The zero-order chi connectivity index (χ0) is 31.4. The number of aromatic nitrogens is 3. The molecule has 0 unspecified atom stereocenters. The lowest BCUT2D eigenvalue weighted by Crippen LogP contribution is -2.18. The maximum absolute atomic E-state index is 11.7. The Morgan fingerprint density at radius 1 is 0.432 bits per heavy atom. The van der Waals surface area contributed by atoms with E-state index < -0.39 is 23.6 Å². The van der Waals surface area contributed by atoms with Crippen LogP contribution < -0.4 is 32.7 Å². The van der Waals surface area contributed by atoms with Crippen LogP contribution >= 0.6 is 0 Å². The van der Waals surface area contributed by atoms with Crippen molar-refractivity contribution in [1.82, 2.24) is 15.0 Å². The number of carbonyl (C=O) groups excluding carboxylic acids is 4. The zero-order valence-corrected chi connectivity index (χ0v) is 23.0. The van der Waals surface area contributed by atoms with E-state index >= 15 is 0 Å². The van der Waals surface area contributed by atoms with E-state index in [0.29, 0.717) is 45.8 Å². The molecule has 44 heavy (non-hydrogen) atoms. The number of hydrogen-bond donors (Lipinski definition) is 4. The van der Waals surface area contributed by atoms with Gasteiger partial charge in [0.25, 0.3) is 0 Å². The Labute approximate surface area is 250 Å². The van der Waals surface area contributed by atoms with E-state index in [-0.39, 0.29) is 11.1 Å². The lowest BCUT2D eigenvalue weighted by atomic mass is 10.1. The molecule has 3 aromatic heterocycles. The van der Waals surface area contributed by atoms with Gasteiger partial charge in [0, 0.05) is 34.9 Å². The summed E-state index contributed by atoms with van der Waals surface area (Å²) in [5.74, 6) is -0.827. The maximum atomic E-state index is 11.7. The van der Waals surface area contributed by atoms with Crippen LogP contribution in [0.1, 0.15) is 41.4 Å². The molecule has 13 nitrogen and oxygen atoms in total. The fourth-order valence-electron chi connectivity index (χ4n) is 4.30. The Hall–Kier alpha value is -6.63. The van der Waals surface area contributed by atoms with Crippen LogP contribution in [-0.4, -0.2) is 38.6 Å². The van der Waals surface area contributed by atoms with Crippen LogP contribution in [0.15, 0.2) is 103 Å². The molecule has 8 N–H and O–H groups in total. The second-order valence-electron chi connectivity index (χ2n) is 9.39. The van der Waals surface area contributed by atoms with Gasteiger partial charge in [-0.3, -0.25) is 29.0 Å². The van der Waals surface area contributed by atoms with E-state index in [1.807, 2.05) is 0 Å². The Bertz CT molecular complexity index is 1610. The molecule has 0 aliphatic carbocycles. The highest BCUT2D eigenvalue weighted by Gasteiger charge is 2.21. The molecule has 0 bridgehead atoms. The monoisotopic (exact) mass is 587 g/mol. The lowest BCUT2D eigenvalue weighted by molar-refractivity contribution is 0.0991. The van der Waals surface area contributed by atoms with Gasteiger partial charge in [0.05, 0.1) is 11.1 Å². The van der Waals surface area contributed by atoms with Crippen molar-refractivity contribution in [1.29, 1.82) is 0 Å². The number of anilines is 6. The SMILES string of the molecule is NC(=O)c1ccc(N(c2ccc(C(N)=O)cn2)c2cccc(N(c3ccc(C(N)=O)cc3)c3ccc(C(N)=O)cn3)n2)cc1. The third kappa shape index (κ3) is 6.01. The Morgan fingerprint density at radius 3 is 1.07 bits per heavy atom. The minimum atomic E-state index is -0.630.